The van der Waals surface area contributed by atoms with Crippen LogP contribution in [0.3, 0.4) is 0 Å². The van der Waals surface area contributed by atoms with E-state index in [9.17, 15) is 0 Å². The Kier molecular flexibility index (Phi) is 4.28. The molecule has 1 aromatic heterocycles. The van der Waals surface area contributed by atoms with Crippen molar-refractivity contribution < 1.29 is 9.47 Å². The van der Waals surface area contributed by atoms with Crippen molar-refractivity contribution >= 4 is 5.69 Å². The molecule has 0 atom stereocenters. The first kappa shape index (κ1) is 13.3. The van der Waals surface area contributed by atoms with E-state index in [1.54, 1.807) is 14.2 Å². The lowest BCUT2D eigenvalue weighted by atomic mass is 10.2. The summed E-state index contributed by atoms with van der Waals surface area (Å²) >= 11 is 0. The van der Waals surface area contributed by atoms with Crippen LogP contribution in [-0.2, 0) is 13.1 Å². The Morgan fingerprint density at radius 2 is 1.95 bits per heavy atom. The summed E-state index contributed by atoms with van der Waals surface area (Å²) in [5.41, 5.74) is 2.14. The molecule has 0 saturated carbocycles. The summed E-state index contributed by atoms with van der Waals surface area (Å²) < 4.78 is 12.5. The van der Waals surface area contributed by atoms with Gasteiger partial charge < -0.3 is 14.8 Å². The van der Waals surface area contributed by atoms with Gasteiger partial charge in [-0.2, -0.15) is 5.10 Å². The first-order chi connectivity index (χ1) is 9.28. The molecule has 0 amide bonds. The fourth-order valence-corrected chi connectivity index (χ4v) is 1.93. The molecule has 0 aliphatic heterocycles. The SMILES string of the molecule is CCn1nccc1CNc1ccc(OC)c(OC)c1. The van der Waals surface area contributed by atoms with Gasteiger partial charge in [0.25, 0.3) is 0 Å². The van der Waals surface area contributed by atoms with Gasteiger partial charge in [-0.15, -0.1) is 0 Å². The predicted octanol–water partition coefficient (Wildman–Crippen LogP) is 2.53. The largest absolute Gasteiger partial charge is 0.493 e. The van der Waals surface area contributed by atoms with E-state index in [0.717, 1.165) is 36.0 Å². The third kappa shape index (κ3) is 2.99. The van der Waals surface area contributed by atoms with Crippen molar-refractivity contribution in [2.75, 3.05) is 19.5 Å². The Hall–Kier alpha value is -2.17. The molecule has 0 radical (unpaired) electrons. The highest BCUT2D eigenvalue weighted by molar-refractivity contribution is 5.54. The van der Waals surface area contributed by atoms with Gasteiger partial charge in [-0.25, -0.2) is 0 Å². The first-order valence-corrected chi connectivity index (χ1v) is 6.25. The van der Waals surface area contributed by atoms with Crippen LogP contribution in [0.1, 0.15) is 12.6 Å². The van der Waals surface area contributed by atoms with E-state index >= 15 is 0 Å². The van der Waals surface area contributed by atoms with Gasteiger partial charge >= 0.3 is 0 Å². The van der Waals surface area contributed by atoms with E-state index in [1.807, 2.05) is 35.1 Å². The zero-order valence-electron chi connectivity index (χ0n) is 11.5. The lowest BCUT2D eigenvalue weighted by molar-refractivity contribution is 0.355. The van der Waals surface area contributed by atoms with Crippen LogP contribution in [-0.4, -0.2) is 24.0 Å². The Morgan fingerprint density at radius 3 is 2.63 bits per heavy atom. The fraction of sp³-hybridized carbons (Fsp3) is 0.357. The summed E-state index contributed by atoms with van der Waals surface area (Å²) in [5, 5.41) is 7.59. The van der Waals surface area contributed by atoms with Crippen molar-refractivity contribution in [1.29, 1.82) is 0 Å². The summed E-state index contributed by atoms with van der Waals surface area (Å²) in [6.45, 7) is 3.67. The van der Waals surface area contributed by atoms with Gasteiger partial charge in [0.2, 0.25) is 0 Å². The number of ether oxygens (including phenoxy) is 2. The number of methoxy groups -OCH3 is 2. The molecule has 0 aliphatic rings. The van der Waals surface area contributed by atoms with Crippen LogP contribution < -0.4 is 14.8 Å². The minimum atomic E-state index is 0.719. The molecule has 0 bridgehead atoms. The van der Waals surface area contributed by atoms with Crippen molar-refractivity contribution in [3.05, 3.63) is 36.2 Å². The lowest BCUT2D eigenvalue weighted by Crippen LogP contribution is -2.07. The average Bonchev–Trinajstić information content (AvgIpc) is 2.92. The molecule has 19 heavy (non-hydrogen) atoms. The summed E-state index contributed by atoms with van der Waals surface area (Å²) in [6, 6.07) is 7.79. The summed E-state index contributed by atoms with van der Waals surface area (Å²) in [6.07, 6.45) is 1.81. The minimum absolute atomic E-state index is 0.719. The third-order valence-electron chi connectivity index (χ3n) is 2.96. The summed E-state index contributed by atoms with van der Waals surface area (Å²) in [7, 11) is 3.26. The zero-order chi connectivity index (χ0) is 13.7. The Morgan fingerprint density at radius 1 is 1.16 bits per heavy atom. The van der Waals surface area contributed by atoms with Crippen molar-refractivity contribution in [1.82, 2.24) is 9.78 Å². The number of aryl methyl sites for hydroxylation is 1. The molecule has 0 fully saturated rings. The zero-order valence-corrected chi connectivity index (χ0v) is 11.5. The lowest BCUT2D eigenvalue weighted by Gasteiger charge is -2.11. The second kappa shape index (κ2) is 6.13. The highest BCUT2D eigenvalue weighted by atomic mass is 16.5. The maximum absolute atomic E-state index is 5.28. The molecule has 0 spiro atoms. The maximum Gasteiger partial charge on any atom is 0.162 e. The van der Waals surface area contributed by atoms with Crippen LogP contribution in [0, 0.1) is 0 Å². The number of hydrogen-bond acceptors (Lipinski definition) is 4. The number of nitrogens with zero attached hydrogens (tertiary/aromatic N) is 2. The van der Waals surface area contributed by atoms with Gasteiger partial charge in [0.1, 0.15) is 0 Å². The molecular weight excluding hydrogens is 242 g/mol. The minimum Gasteiger partial charge on any atom is -0.493 e. The van der Waals surface area contributed by atoms with Gasteiger partial charge in [-0.3, -0.25) is 4.68 Å². The number of rotatable bonds is 6. The van der Waals surface area contributed by atoms with Gasteiger partial charge in [-0.05, 0) is 25.1 Å². The molecule has 0 unspecified atom stereocenters. The van der Waals surface area contributed by atoms with E-state index in [2.05, 4.69) is 17.3 Å². The molecule has 1 heterocycles. The van der Waals surface area contributed by atoms with Gasteiger partial charge in [0.05, 0.1) is 26.5 Å². The normalized spacial score (nSPS) is 10.3. The first-order valence-electron chi connectivity index (χ1n) is 6.25. The second-order valence-corrected chi connectivity index (χ2v) is 4.06. The van der Waals surface area contributed by atoms with E-state index in [0.29, 0.717) is 0 Å². The van der Waals surface area contributed by atoms with Crippen molar-refractivity contribution in [3.8, 4) is 11.5 Å². The average molecular weight is 261 g/mol. The van der Waals surface area contributed by atoms with Crippen LogP contribution in [0.5, 0.6) is 11.5 Å². The summed E-state index contributed by atoms with van der Waals surface area (Å²) in [5.74, 6) is 1.45. The number of anilines is 1. The number of benzene rings is 1. The molecule has 1 N–H and O–H groups in total. The van der Waals surface area contributed by atoms with Crippen LogP contribution in [0.15, 0.2) is 30.5 Å². The predicted molar refractivity (Wildman–Crippen MR) is 74.8 cm³/mol. The smallest absolute Gasteiger partial charge is 0.162 e. The Balaban J connectivity index is 2.07. The Bertz CT molecular complexity index is 537. The van der Waals surface area contributed by atoms with Crippen LogP contribution >= 0.6 is 0 Å². The quantitative estimate of drug-likeness (QED) is 0.868. The number of aromatic nitrogens is 2. The molecule has 5 nitrogen and oxygen atoms in total. The number of hydrogen-bond donors (Lipinski definition) is 1. The highest BCUT2D eigenvalue weighted by Crippen LogP contribution is 2.29. The summed E-state index contributed by atoms with van der Waals surface area (Å²) in [4.78, 5) is 0. The van der Waals surface area contributed by atoms with E-state index in [1.165, 1.54) is 0 Å². The van der Waals surface area contributed by atoms with Gasteiger partial charge in [0.15, 0.2) is 11.5 Å². The topological polar surface area (TPSA) is 48.3 Å². The van der Waals surface area contributed by atoms with Crippen molar-refractivity contribution in [3.63, 3.8) is 0 Å². The molecule has 2 rings (SSSR count). The second-order valence-electron chi connectivity index (χ2n) is 4.06. The van der Waals surface area contributed by atoms with E-state index in [4.69, 9.17) is 9.47 Å². The van der Waals surface area contributed by atoms with Crippen molar-refractivity contribution in [2.24, 2.45) is 0 Å². The molecule has 0 saturated heterocycles. The van der Waals surface area contributed by atoms with Crippen molar-refractivity contribution in [2.45, 2.75) is 20.0 Å². The number of nitrogens with one attached hydrogen (secondary N) is 1. The Labute approximate surface area is 113 Å². The molecule has 0 aliphatic carbocycles. The van der Waals surface area contributed by atoms with E-state index < -0.39 is 0 Å². The fourth-order valence-electron chi connectivity index (χ4n) is 1.93. The standard InChI is InChI=1S/C14H19N3O2/c1-4-17-12(7-8-16-17)10-15-11-5-6-13(18-2)14(9-11)19-3/h5-9,15H,4,10H2,1-3H3. The van der Waals surface area contributed by atoms with Crippen LogP contribution in [0.25, 0.3) is 0 Å². The highest BCUT2D eigenvalue weighted by Gasteiger charge is 2.05. The maximum atomic E-state index is 5.28. The van der Waals surface area contributed by atoms with E-state index in [-0.39, 0.29) is 0 Å². The molecule has 102 valence electrons. The third-order valence-corrected chi connectivity index (χ3v) is 2.96. The van der Waals surface area contributed by atoms with Gasteiger partial charge in [0, 0.05) is 24.5 Å². The molecular formula is C14H19N3O2. The van der Waals surface area contributed by atoms with Crippen LogP contribution in [0.2, 0.25) is 0 Å². The molecule has 5 heteroatoms. The van der Waals surface area contributed by atoms with Gasteiger partial charge in [-0.1, -0.05) is 0 Å². The monoisotopic (exact) mass is 261 g/mol. The molecule has 1 aromatic carbocycles. The van der Waals surface area contributed by atoms with Crippen LogP contribution in [0.4, 0.5) is 5.69 Å². The molecule has 2 aromatic rings.